The van der Waals surface area contributed by atoms with Crippen LogP contribution in [-0.4, -0.2) is 27.4 Å². The van der Waals surface area contributed by atoms with E-state index >= 15 is 0 Å². The van der Waals surface area contributed by atoms with Gasteiger partial charge in [0.25, 0.3) is 0 Å². The number of hydrogen-bond donors (Lipinski definition) is 1. The van der Waals surface area contributed by atoms with Gasteiger partial charge in [-0.15, -0.1) is 11.8 Å². The Morgan fingerprint density at radius 2 is 2.17 bits per heavy atom. The summed E-state index contributed by atoms with van der Waals surface area (Å²) in [5.74, 6) is 0.814. The van der Waals surface area contributed by atoms with Gasteiger partial charge in [0, 0.05) is 24.8 Å². The lowest BCUT2D eigenvalue weighted by atomic mass is 10.5. The molecule has 0 aliphatic carbocycles. The molecule has 1 aromatic rings. The number of hydrogen-bond acceptors (Lipinski definition) is 4. The Morgan fingerprint density at radius 3 is 2.83 bits per heavy atom. The van der Waals surface area contributed by atoms with E-state index in [1.165, 1.54) is 11.8 Å². The minimum absolute atomic E-state index is 0.199. The smallest absolute Gasteiger partial charge is 0.161 e. The molecule has 66 valence electrons. The molecule has 0 amide bonds. The summed E-state index contributed by atoms with van der Waals surface area (Å²) in [5, 5.41) is 9.69. The third-order valence-corrected chi connectivity index (χ3v) is 2.62. The summed E-state index contributed by atoms with van der Waals surface area (Å²) in [6.07, 6.45) is 3.91. The predicted molar refractivity (Wildman–Crippen MR) is 49.5 cm³/mol. The van der Waals surface area contributed by atoms with Gasteiger partial charge in [0.1, 0.15) is 5.03 Å². The second-order valence-corrected chi connectivity index (χ2v) is 3.52. The zero-order chi connectivity index (χ0) is 8.81. The number of thioether (sulfide) groups is 1. The summed E-state index contributed by atoms with van der Waals surface area (Å²) in [6.45, 7) is 0.199. The summed E-state index contributed by atoms with van der Waals surface area (Å²) < 4.78 is 0. The average Bonchev–Trinajstić information content (AvgIpc) is 2.09. The van der Waals surface area contributed by atoms with Crippen LogP contribution in [0, 0.1) is 0 Å². The molecule has 1 aromatic heterocycles. The van der Waals surface area contributed by atoms with E-state index < -0.39 is 0 Å². The molecule has 0 spiro atoms. The fourth-order valence-corrected chi connectivity index (χ4v) is 1.68. The van der Waals surface area contributed by atoms with Crippen molar-refractivity contribution in [2.24, 2.45) is 0 Å². The Bertz CT molecular complexity index is 247. The first-order chi connectivity index (χ1) is 5.84. The van der Waals surface area contributed by atoms with Gasteiger partial charge in [0.05, 0.1) is 0 Å². The highest BCUT2D eigenvalue weighted by Gasteiger charge is 2.01. The quantitative estimate of drug-likeness (QED) is 0.598. The van der Waals surface area contributed by atoms with Crippen LogP contribution in [0.5, 0.6) is 0 Å². The van der Waals surface area contributed by atoms with Crippen LogP contribution >= 0.6 is 23.4 Å². The monoisotopic (exact) mass is 204 g/mol. The second kappa shape index (κ2) is 5.35. The Hall–Kier alpha value is -0.320. The van der Waals surface area contributed by atoms with Gasteiger partial charge in [0.15, 0.2) is 5.15 Å². The molecule has 5 heteroatoms. The number of aliphatic hydroxyl groups is 1. The van der Waals surface area contributed by atoms with Crippen molar-refractivity contribution in [1.29, 1.82) is 0 Å². The van der Waals surface area contributed by atoms with E-state index in [0.29, 0.717) is 5.15 Å². The largest absolute Gasteiger partial charge is 0.396 e. The Morgan fingerprint density at radius 1 is 1.42 bits per heavy atom. The van der Waals surface area contributed by atoms with Crippen LogP contribution in [0.4, 0.5) is 0 Å². The van der Waals surface area contributed by atoms with Crippen LogP contribution in [0.25, 0.3) is 0 Å². The zero-order valence-corrected chi connectivity index (χ0v) is 7.98. The summed E-state index contributed by atoms with van der Waals surface area (Å²) >= 11 is 7.25. The first-order valence-electron chi connectivity index (χ1n) is 3.54. The van der Waals surface area contributed by atoms with Crippen molar-refractivity contribution >= 4 is 23.4 Å². The van der Waals surface area contributed by atoms with Gasteiger partial charge >= 0.3 is 0 Å². The summed E-state index contributed by atoms with van der Waals surface area (Å²) in [5.41, 5.74) is 0. The molecule has 0 bridgehead atoms. The maximum absolute atomic E-state index is 8.53. The SMILES string of the molecule is OCCCSc1nccnc1Cl. The summed E-state index contributed by atoms with van der Waals surface area (Å²) in [7, 11) is 0. The van der Waals surface area contributed by atoms with Crippen molar-refractivity contribution in [2.45, 2.75) is 11.4 Å². The van der Waals surface area contributed by atoms with Crippen molar-refractivity contribution in [3.05, 3.63) is 17.5 Å². The minimum atomic E-state index is 0.199. The summed E-state index contributed by atoms with van der Waals surface area (Å²) in [4.78, 5) is 7.91. The number of rotatable bonds is 4. The first kappa shape index (κ1) is 9.77. The van der Waals surface area contributed by atoms with E-state index in [1.54, 1.807) is 12.4 Å². The fraction of sp³-hybridized carbons (Fsp3) is 0.429. The molecule has 3 nitrogen and oxygen atoms in total. The van der Waals surface area contributed by atoms with Crippen LogP contribution in [-0.2, 0) is 0 Å². The number of halogens is 1. The molecule has 0 aliphatic rings. The predicted octanol–water partition coefficient (Wildman–Crippen LogP) is 1.60. The number of nitrogens with zero attached hydrogens (tertiary/aromatic N) is 2. The van der Waals surface area contributed by atoms with Crippen LogP contribution in [0.3, 0.4) is 0 Å². The van der Waals surface area contributed by atoms with Crippen LogP contribution < -0.4 is 0 Å². The third-order valence-electron chi connectivity index (χ3n) is 1.16. The topological polar surface area (TPSA) is 46.0 Å². The average molecular weight is 205 g/mol. The van der Waals surface area contributed by atoms with E-state index in [0.717, 1.165) is 17.2 Å². The molecule has 0 saturated carbocycles. The summed E-state index contributed by atoms with van der Waals surface area (Å²) in [6, 6.07) is 0. The molecule has 0 fully saturated rings. The van der Waals surface area contributed by atoms with Gasteiger partial charge in [0.2, 0.25) is 0 Å². The van der Waals surface area contributed by atoms with Crippen molar-refractivity contribution in [3.63, 3.8) is 0 Å². The van der Waals surface area contributed by atoms with Gasteiger partial charge in [-0.1, -0.05) is 11.6 Å². The third kappa shape index (κ3) is 2.97. The molecule has 0 aromatic carbocycles. The molecule has 1 N–H and O–H groups in total. The van der Waals surface area contributed by atoms with Crippen molar-refractivity contribution in [3.8, 4) is 0 Å². The maximum atomic E-state index is 8.53. The Balaban J connectivity index is 2.46. The van der Waals surface area contributed by atoms with Gasteiger partial charge in [-0.05, 0) is 6.42 Å². The lowest BCUT2D eigenvalue weighted by molar-refractivity contribution is 0.296. The van der Waals surface area contributed by atoms with Crippen LogP contribution in [0.1, 0.15) is 6.42 Å². The highest BCUT2D eigenvalue weighted by atomic mass is 35.5. The number of aromatic nitrogens is 2. The van der Waals surface area contributed by atoms with E-state index in [2.05, 4.69) is 9.97 Å². The van der Waals surface area contributed by atoms with Crippen molar-refractivity contribution in [1.82, 2.24) is 9.97 Å². The molecule has 0 aliphatic heterocycles. The van der Waals surface area contributed by atoms with E-state index in [4.69, 9.17) is 16.7 Å². The molecule has 0 unspecified atom stereocenters. The van der Waals surface area contributed by atoms with Gasteiger partial charge in [-0.3, -0.25) is 0 Å². The fourth-order valence-electron chi connectivity index (χ4n) is 0.639. The molecular weight excluding hydrogens is 196 g/mol. The lowest BCUT2D eigenvalue weighted by Gasteiger charge is -1.99. The normalized spacial score (nSPS) is 10.2. The molecule has 12 heavy (non-hydrogen) atoms. The van der Waals surface area contributed by atoms with Crippen LogP contribution in [0.2, 0.25) is 5.15 Å². The highest BCUT2D eigenvalue weighted by molar-refractivity contribution is 7.99. The van der Waals surface area contributed by atoms with Crippen LogP contribution in [0.15, 0.2) is 17.4 Å². The van der Waals surface area contributed by atoms with E-state index in [-0.39, 0.29) is 6.61 Å². The molecular formula is C7H9ClN2OS. The standard InChI is InChI=1S/C7H9ClN2OS/c8-6-7(10-3-2-9-6)12-5-1-4-11/h2-3,11H,1,4-5H2. The lowest BCUT2D eigenvalue weighted by Crippen LogP contribution is -1.89. The Labute approximate surface area is 80.2 Å². The highest BCUT2D eigenvalue weighted by Crippen LogP contribution is 2.22. The molecule has 1 rings (SSSR count). The van der Waals surface area contributed by atoms with Crippen molar-refractivity contribution < 1.29 is 5.11 Å². The molecule has 1 heterocycles. The maximum Gasteiger partial charge on any atom is 0.161 e. The number of aliphatic hydroxyl groups excluding tert-OH is 1. The molecule has 0 radical (unpaired) electrons. The van der Waals surface area contributed by atoms with E-state index in [1.807, 2.05) is 0 Å². The Kier molecular flexibility index (Phi) is 4.35. The van der Waals surface area contributed by atoms with Gasteiger partial charge in [-0.25, -0.2) is 9.97 Å². The second-order valence-electron chi connectivity index (χ2n) is 2.08. The molecule has 0 saturated heterocycles. The van der Waals surface area contributed by atoms with E-state index in [9.17, 15) is 0 Å². The van der Waals surface area contributed by atoms with Gasteiger partial charge in [-0.2, -0.15) is 0 Å². The van der Waals surface area contributed by atoms with Gasteiger partial charge < -0.3 is 5.11 Å². The zero-order valence-electron chi connectivity index (χ0n) is 6.40. The minimum Gasteiger partial charge on any atom is -0.396 e. The van der Waals surface area contributed by atoms with Crippen molar-refractivity contribution in [2.75, 3.05) is 12.4 Å². The first-order valence-corrected chi connectivity index (χ1v) is 4.91. The molecule has 0 atom stereocenters.